The molecule has 0 unspecified atom stereocenters. The van der Waals surface area contributed by atoms with E-state index >= 15 is 0 Å². The van der Waals surface area contributed by atoms with E-state index in [9.17, 15) is 9.90 Å². The number of carboxylic acids is 1. The number of hydrogen-bond acceptors (Lipinski definition) is 2. The standard InChI is InChI=1S/C20H30O3/c1-17-7-3-8-18(2,16(21)22)14(17)6-9-19-10-13(4-5-15(17)19)20(11-19)12-23-20/h13-15H,3-12H2,1-2H3,(H,21,22)/t13-,14+,15+,17-,18-,19+,20-/m1/s1. The van der Waals surface area contributed by atoms with E-state index in [0.29, 0.717) is 11.3 Å². The number of aliphatic carboxylic acids is 1. The van der Waals surface area contributed by atoms with Crippen LogP contribution in [0.2, 0.25) is 0 Å². The Bertz CT molecular complexity index is 567. The number of epoxide rings is 1. The lowest BCUT2D eigenvalue weighted by Crippen LogP contribution is -2.58. The molecule has 0 aromatic heterocycles. The van der Waals surface area contributed by atoms with Crippen LogP contribution in [0.25, 0.3) is 0 Å². The van der Waals surface area contributed by atoms with Crippen LogP contribution >= 0.6 is 0 Å². The van der Waals surface area contributed by atoms with Gasteiger partial charge >= 0.3 is 5.97 Å². The quantitative estimate of drug-likeness (QED) is 0.735. The first kappa shape index (κ1) is 14.7. The molecule has 4 saturated carbocycles. The molecule has 0 aromatic rings. The van der Waals surface area contributed by atoms with Crippen LogP contribution in [0.4, 0.5) is 0 Å². The highest BCUT2D eigenvalue weighted by molar-refractivity contribution is 5.75. The summed E-state index contributed by atoms with van der Waals surface area (Å²) in [7, 11) is 0. The maximum absolute atomic E-state index is 12.1. The van der Waals surface area contributed by atoms with Crippen molar-refractivity contribution in [3.8, 4) is 0 Å². The second-order valence-electron chi connectivity index (χ2n) is 10.1. The van der Waals surface area contributed by atoms with E-state index in [4.69, 9.17) is 4.74 Å². The molecule has 2 spiro atoms. The van der Waals surface area contributed by atoms with Gasteiger partial charge in [-0.05, 0) is 86.9 Å². The monoisotopic (exact) mass is 318 g/mol. The molecule has 128 valence electrons. The third-order valence-electron chi connectivity index (χ3n) is 9.30. The van der Waals surface area contributed by atoms with Gasteiger partial charge in [0.05, 0.1) is 17.6 Å². The molecular formula is C20H30O3. The van der Waals surface area contributed by atoms with Gasteiger partial charge in [0.15, 0.2) is 0 Å². The molecule has 3 nitrogen and oxygen atoms in total. The SMILES string of the molecule is C[C@@]12CCC[C@@](C)(C(=O)O)[C@H]1CC[C@@]13C[C@@H](CC[C@H]12)[C@]1(CO1)C3. The van der Waals surface area contributed by atoms with Gasteiger partial charge in [-0.2, -0.15) is 0 Å². The third kappa shape index (κ3) is 1.63. The molecule has 3 heteroatoms. The van der Waals surface area contributed by atoms with E-state index in [1.54, 1.807) is 0 Å². The van der Waals surface area contributed by atoms with Crippen molar-refractivity contribution in [3.05, 3.63) is 0 Å². The Morgan fingerprint density at radius 3 is 2.57 bits per heavy atom. The van der Waals surface area contributed by atoms with Crippen LogP contribution in [0, 0.1) is 34.0 Å². The molecule has 4 aliphatic carbocycles. The first-order chi connectivity index (χ1) is 10.8. The zero-order valence-corrected chi connectivity index (χ0v) is 14.6. The van der Waals surface area contributed by atoms with Gasteiger partial charge in [-0.15, -0.1) is 0 Å². The number of rotatable bonds is 1. The van der Waals surface area contributed by atoms with Crippen LogP contribution in [0.1, 0.15) is 71.6 Å². The summed E-state index contributed by atoms with van der Waals surface area (Å²) in [5, 5.41) is 9.95. The largest absolute Gasteiger partial charge is 0.481 e. The van der Waals surface area contributed by atoms with Crippen molar-refractivity contribution in [1.29, 1.82) is 0 Å². The first-order valence-corrected chi connectivity index (χ1v) is 9.72. The fraction of sp³-hybridized carbons (Fsp3) is 0.950. The highest BCUT2D eigenvalue weighted by Gasteiger charge is 2.71. The Kier molecular flexibility index (Phi) is 2.66. The first-order valence-electron chi connectivity index (χ1n) is 9.72. The van der Waals surface area contributed by atoms with Crippen molar-refractivity contribution in [2.75, 3.05) is 6.61 Å². The average Bonchev–Trinajstić information content (AvgIpc) is 3.22. The van der Waals surface area contributed by atoms with Crippen LogP contribution in [-0.2, 0) is 9.53 Å². The summed E-state index contributed by atoms with van der Waals surface area (Å²) in [5.41, 5.74) is 0.455. The number of ether oxygens (including phenoxy) is 1. The zero-order chi connectivity index (χ0) is 16.1. The van der Waals surface area contributed by atoms with Crippen molar-refractivity contribution in [2.45, 2.75) is 77.2 Å². The second kappa shape index (κ2) is 4.15. The van der Waals surface area contributed by atoms with Crippen molar-refractivity contribution in [3.63, 3.8) is 0 Å². The lowest BCUT2D eigenvalue weighted by molar-refractivity contribution is -0.181. The predicted octanol–water partition coefficient (Wildman–Crippen LogP) is 4.25. The van der Waals surface area contributed by atoms with E-state index in [1.165, 1.54) is 38.5 Å². The van der Waals surface area contributed by atoms with Crippen LogP contribution in [0.3, 0.4) is 0 Å². The van der Waals surface area contributed by atoms with E-state index in [1.807, 2.05) is 6.92 Å². The van der Waals surface area contributed by atoms with Crippen LogP contribution in [-0.4, -0.2) is 23.3 Å². The van der Waals surface area contributed by atoms with Crippen LogP contribution in [0.5, 0.6) is 0 Å². The molecule has 0 radical (unpaired) electrons. The molecule has 2 bridgehead atoms. The number of fused-ring (bicyclic) bond motifs is 4. The molecule has 1 aliphatic heterocycles. The Morgan fingerprint density at radius 1 is 1.09 bits per heavy atom. The van der Waals surface area contributed by atoms with E-state index in [2.05, 4.69) is 6.92 Å². The van der Waals surface area contributed by atoms with Gasteiger partial charge < -0.3 is 9.84 Å². The number of hydrogen-bond donors (Lipinski definition) is 1. The third-order valence-corrected chi connectivity index (χ3v) is 9.30. The van der Waals surface area contributed by atoms with Crippen molar-refractivity contribution in [1.82, 2.24) is 0 Å². The van der Waals surface area contributed by atoms with Crippen LogP contribution < -0.4 is 0 Å². The molecule has 7 atom stereocenters. The summed E-state index contributed by atoms with van der Waals surface area (Å²) in [5.74, 6) is 1.34. The second-order valence-corrected chi connectivity index (χ2v) is 10.1. The minimum atomic E-state index is -0.550. The van der Waals surface area contributed by atoms with Gasteiger partial charge in [-0.1, -0.05) is 13.3 Å². The molecule has 5 rings (SSSR count). The van der Waals surface area contributed by atoms with Gasteiger partial charge in [-0.25, -0.2) is 0 Å². The normalized spacial score (nSPS) is 60.2. The minimum Gasteiger partial charge on any atom is -0.481 e. The molecular weight excluding hydrogens is 288 g/mol. The molecule has 1 saturated heterocycles. The zero-order valence-electron chi connectivity index (χ0n) is 14.6. The molecule has 0 aromatic carbocycles. The minimum absolute atomic E-state index is 0.231. The number of carboxylic acid groups (broad SMARTS) is 1. The fourth-order valence-corrected chi connectivity index (χ4v) is 8.28. The molecule has 1 heterocycles. The van der Waals surface area contributed by atoms with Gasteiger partial charge in [0.1, 0.15) is 0 Å². The maximum atomic E-state index is 12.1. The van der Waals surface area contributed by atoms with Crippen molar-refractivity contribution >= 4 is 5.97 Å². The summed E-state index contributed by atoms with van der Waals surface area (Å²) in [6, 6.07) is 0. The van der Waals surface area contributed by atoms with Gasteiger partial charge in [0.25, 0.3) is 0 Å². The summed E-state index contributed by atoms with van der Waals surface area (Å²) >= 11 is 0. The summed E-state index contributed by atoms with van der Waals surface area (Å²) < 4.78 is 5.97. The molecule has 23 heavy (non-hydrogen) atoms. The topological polar surface area (TPSA) is 49.8 Å². The van der Waals surface area contributed by atoms with E-state index < -0.39 is 11.4 Å². The lowest BCUT2D eigenvalue weighted by Gasteiger charge is -2.63. The number of carbonyl (C=O) groups is 1. The Hall–Kier alpha value is -0.570. The van der Waals surface area contributed by atoms with E-state index in [0.717, 1.165) is 37.7 Å². The highest BCUT2D eigenvalue weighted by atomic mass is 16.6. The molecule has 0 amide bonds. The predicted molar refractivity (Wildman–Crippen MR) is 87.0 cm³/mol. The Morgan fingerprint density at radius 2 is 1.87 bits per heavy atom. The van der Waals surface area contributed by atoms with Gasteiger partial charge in [0, 0.05) is 0 Å². The van der Waals surface area contributed by atoms with Gasteiger partial charge in [0.2, 0.25) is 0 Å². The molecule has 5 aliphatic rings. The van der Waals surface area contributed by atoms with Crippen molar-refractivity contribution < 1.29 is 14.6 Å². The molecule has 5 fully saturated rings. The average molecular weight is 318 g/mol. The maximum Gasteiger partial charge on any atom is 0.309 e. The highest BCUT2D eigenvalue weighted by Crippen LogP contribution is 2.74. The van der Waals surface area contributed by atoms with Crippen LogP contribution in [0.15, 0.2) is 0 Å². The van der Waals surface area contributed by atoms with Crippen molar-refractivity contribution in [2.24, 2.45) is 34.0 Å². The Balaban J connectivity index is 1.55. The summed E-state index contributed by atoms with van der Waals surface area (Å²) in [4.78, 5) is 12.1. The summed E-state index contributed by atoms with van der Waals surface area (Å²) in [6.45, 7) is 5.50. The smallest absolute Gasteiger partial charge is 0.309 e. The van der Waals surface area contributed by atoms with Gasteiger partial charge in [-0.3, -0.25) is 4.79 Å². The Labute approximate surface area is 139 Å². The summed E-state index contributed by atoms with van der Waals surface area (Å²) in [6.07, 6.45) is 10.9. The fourth-order valence-electron chi connectivity index (χ4n) is 8.28. The molecule has 1 N–H and O–H groups in total. The van der Waals surface area contributed by atoms with E-state index in [-0.39, 0.29) is 11.0 Å². The lowest BCUT2D eigenvalue weighted by atomic mass is 9.41.